The number of carbonyl (C=O) groups is 1. The van der Waals surface area contributed by atoms with Gasteiger partial charge in [-0.1, -0.05) is 5.92 Å². The van der Waals surface area contributed by atoms with Gasteiger partial charge in [0.05, 0.1) is 7.11 Å². The number of hydrogen-bond acceptors (Lipinski definition) is 3. The molecule has 0 aromatic rings. The van der Waals surface area contributed by atoms with Crippen LogP contribution in [0.5, 0.6) is 0 Å². The lowest BCUT2D eigenvalue weighted by Crippen LogP contribution is -2.12. The molecule has 11 heavy (non-hydrogen) atoms. The highest BCUT2D eigenvalue weighted by Crippen LogP contribution is 1.79. The van der Waals surface area contributed by atoms with Crippen LogP contribution in [0.1, 0.15) is 6.42 Å². The summed E-state index contributed by atoms with van der Waals surface area (Å²) in [6, 6.07) is 0. The van der Waals surface area contributed by atoms with Crippen LogP contribution in [0.3, 0.4) is 0 Å². The molecule has 0 aromatic heterocycles. The van der Waals surface area contributed by atoms with Gasteiger partial charge in [-0.05, 0) is 14.1 Å². The Balaban J connectivity index is 3.48. The van der Waals surface area contributed by atoms with Gasteiger partial charge in [0.2, 0.25) is 0 Å². The average Bonchev–Trinajstić information content (AvgIpc) is 1.97. The minimum absolute atomic E-state index is 0.469. The van der Waals surface area contributed by atoms with Crippen molar-refractivity contribution in [2.75, 3.05) is 27.7 Å². The predicted molar refractivity (Wildman–Crippen MR) is 43.0 cm³/mol. The number of nitrogens with zero attached hydrogens (tertiary/aromatic N) is 1. The molecule has 3 heteroatoms. The number of methoxy groups -OCH3 is 1. The van der Waals surface area contributed by atoms with Crippen molar-refractivity contribution in [2.45, 2.75) is 6.42 Å². The van der Waals surface area contributed by atoms with E-state index in [4.69, 9.17) is 0 Å². The summed E-state index contributed by atoms with van der Waals surface area (Å²) in [5.74, 6) is 4.58. The van der Waals surface area contributed by atoms with Gasteiger partial charge in [-0.2, -0.15) is 0 Å². The third kappa shape index (κ3) is 6.88. The van der Waals surface area contributed by atoms with Crippen molar-refractivity contribution in [3.8, 4) is 11.8 Å². The minimum atomic E-state index is -0.469. The Labute approximate surface area is 67.3 Å². The zero-order chi connectivity index (χ0) is 8.69. The van der Waals surface area contributed by atoms with Crippen molar-refractivity contribution in [3.05, 3.63) is 0 Å². The fourth-order valence-corrected chi connectivity index (χ4v) is 0.465. The van der Waals surface area contributed by atoms with Crippen molar-refractivity contribution in [1.29, 1.82) is 0 Å². The van der Waals surface area contributed by atoms with E-state index in [-0.39, 0.29) is 0 Å². The Bertz CT molecular complexity index is 176. The van der Waals surface area contributed by atoms with Crippen LogP contribution in [0.15, 0.2) is 0 Å². The van der Waals surface area contributed by atoms with Crippen LogP contribution in [0.4, 0.5) is 0 Å². The van der Waals surface area contributed by atoms with Gasteiger partial charge >= 0.3 is 5.97 Å². The molecule has 0 aliphatic carbocycles. The second-order valence-corrected chi connectivity index (χ2v) is 2.35. The Morgan fingerprint density at radius 1 is 1.55 bits per heavy atom. The second-order valence-electron chi connectivity index (χ2n) is 2.35. The molecule has 0 spiro atoms. The molecule has 0 saturated carbocycles. The first kappa shape index (κ1) is 9.99. The molecular formula is C8H13NO2. The maximum Gasteiger partial charge on any atom is 0.384 e. The molecule has 0 radical (unpaired) electrons. The fraction of sp³-hybridized carbons (Fsp3) is 0.625. The number of esters is 1. The van der Waals surface area contributed by atoms with Gasteiger partial charge < -0.3 is 9.64 Å². The highest BCUT2D eigenvalue weighted by Gasteiger charge is 1.89. The highest BCUT2D eigenvalue weighted by atomic mass is 16.5. The molecule has 0 aromatic carbocycles. The molecule has 0 heterocycles. The summed E-state index contributed by atoms with van der Waals surface area (Å²) < 4.78 is 4.33. The molecule has 0 rings (SSSR count). The van der Waals surface area contributed by atoms with E-state index in [2.05, 4.69) is 16.6 Å². The van der Waals surface area contributed by atoms with Crippen LogP contribution >= 0.6 is 0 Å². The van der Waals surface area contributed by atoms with Gasteiger partial charge in [-0.3, -0.25) is 0 Å². The molecule has 0 bridgehead atoms. The summed E-state index contributed by atoms with van der Waals surface area (Å²) >= 11 is 0. The van der Waals surface area contributed by atoms with E-state index in [0.717, 1.165) is 6.54 Å². The molecule has 0 N–H and O–H groups in total. The van der Waals surface area contributed by atoms with Gasteiger partial charge in [0.25, 0.3) is 0 Å². The Morgan fingerprint density at radius 2 is 2.18 bits per heavy atom. The largest absolute Gasteiger partial charge is 0.459 e. The second kappa shape index (κ2) is 5.75. The van der Waals surface area contributed by atoms with Crippen LogP contribution in [0, 0.1) is 11.8 Å². The van der Waals surface area contributed by atoms with Gasteiger partial charge in [-0.15, -0.1) is 0 Å². The summed E-state index contributed by atoms with van der Waals surface area (Å²) in [6.07, 6.45) is 0.697. The first-order valence-corrected chi connectivity index (χ1v) is 3.38. The fourth-order valence-electron chi connectivity index (χ4n) is 0.465. The predicted octanol–water partition coefficient (Wildman–Crippen LogP) is 0.114. The molecule has 62 valence electrons. The molecule has 3 nitrogen and oxygen atoms in total. The minimum Gasteiger partial charge on any atom is -0.459 e. The van der Waals surface area contributed by atoms with E-state index in [1.807, 2.05) is 19.0 Å². The number of rotatable bonds is 2. The summed E-state index contributed by atoms with van der Waals surface area (Å²) in [5.41, 5.74) is 0. The Morgan fingerprint density at radius 3 is 2.64 bits per heavy atom. The van der Waals surface area contributed by atoms with Gasteiger partial charge in [-0.25, -0.2) is 4.79 Å². The van der Waals surface area contributed by atoms with E-state index in [1.54, 1.807) is 0 Å². The molecule has 0 aliphatic rings. The van der Waals surface area contributed by atoms with E-state index in [0.29, 0.717) is 6.42 Å². The van der Waals surface area contributed by atoms with Gasteiger partial charge in [0, 0.05) is 18.9 Å². The van der Waals surface area contributed by atoms with E-state index in [1.165, 1.54) is 7.11 Å². The van der Waals surface area contributed by atoms with Crippen molar-refractivity contribution >= 4 is 5.97 Å². The van der Waals surface area contributed by atoms with Crippen molar-refractivity contribution in [3.63, 3.8) is 0 Å². The number of ether oxygens (including phenoxy) is 1. The average molecular weight is 155 g/mol. The van der Waals surface area contributed by atoms with E-state index in [9.17, 15) is 4.79 Å². The van der Waals surface area contributed by atoms with Crippen molar-refractivity contribution < 1.29 is 9.53 Å². The lowest BCUT2D eigenvalue weighted by Gasteiger charge is -2.03. The third-order valence-electron chi connectivity index (χ3n) is 1.06. The van der Waals surface area contributed by atoms with Crippen LogP contribution in [-0.2, 0) is 9.53 Å². The van der Waals surface area contributed by atoms with Gasteiger partial charge in [0.15, 0.2) is 0 Å². The van der Waals surface area contributed by atoms with Crippen LogP contribution in [0.2, 0.25) is 0 Å². The SMILES string of the molecule is COC(=O)C#CCCN(C)C. The van der Waals surface area contributed by atoms with E-state index < -0.39 is 5.97 Å². The molecule has 0 saturated heterocycles. The van der Waals surface area contributed by atoms with E-state index >= 15 is 0 Å². The molecular weight excluding hydrogens is 142 g/mol. The zero-order valence-corrected chi connectivity index (χ0v) is 7.18. The van der Waals surface area contributed by atoms with Crippen molar-refractivity contribution in [1.82, 2.24) is 4.90 Å². The van der Waals surface area contributed by atoms with Crippen molar-refractivity contribution in [2.24, 2.45) is 0 Å². The Kier molecular flexibility index (Phi) is 5.22. The summed E-state index contributed by atoms with van der Waals surface area (Å²) in [4.78, 5) is 12.5. The summed E-state index contributed by atoms with van der Waals surface area (Å²) in [5, 5.41) is 0. The lowest BCUT2D eigenvalue weighted by atomic mass is 10.4. The molecule has 0 atom stereocenters. The van der Waals surface area contributed by atoms with Crippen LogP contribution in [0.25, 0.3) is 0 Å². The van der Waals surface area contributed by atoms with Crippen LogP contribution < -0.4 is 0 Å². The number of carbonyl (C=O) groups excluding carboxylic acids is 1. The maximum absolute atomic E-state index is 10.4. The summed E-state index contributed by atoms with van der Waals surface area (Å²) in [7, 11) is 5.24. The monoisotopic (exact) mass is 155 g/mol. The molecule has 0 unspecified atom stereocenters. The highest BCUT2D eigenvalue weighted by molar-refractivity contribution is 5.88. The first-order chi connectivity index (χ1) is 5.16. The number of hydrogen-bond donors (Lipinski definition) is 0. The third-order valence-corrected chi connectivity index (χ3v) is 1.06. The summed E-state index contributed by atoms with van der Waals surface area (Å²) in [6.45, 7) is 0.865. The topological polar surface area (TPSA) is 29.5 Å². The van der Waals surface area contributed by atoms with Gasteiger partial charge in [0.1, 0.15) is 0 Å². The first-order valence-electron chi connectivity index (χ1n) is 3.38. The lowest BCUT2D eigenvalue weighted by molar-refractivity contribution is -0.133. The smallest absolute Gasteiger partial charge is 0.384 e. The Hall–Kier alpha value is -1.01. The standard InChI is InChI=1S/C8H13NO2/c1-9(2)7-5-4-6-8(10)11-3/h5,7H2,1-3H3. The quantitative estimate of drug-likeness (QED) is 0.322. The molecule has 0 amide bonds. The molecule has 0 fully saturated rings. The maximum atomic E-state index is 10.4. The van der Waals surface area contributed by atoms with Crippen LogP contribution in [-0.4, -0.2) is 38.6 Å². The zero-order valence-electron chi connectivity index (χ0n) is 7.18. The normalized spacial score (nSPS) is 8.73. The molecule has 0 aliphatic heterocycles.